The Bertz CT molecular complexity index is 1790. The van der Waals surface area contributed by atoms with E-state index in [9.17, 15) is 19.2 Å². The van der Waals surface area contributed by atoms with E-state index in [0.29, 0.717) is 26.3 Å². The summed E-state index contributed by atoms with van der Waals surface area (Å²) in [6.07, 6.45) is 0. The quantitative estimate of drug-likeness (QED) is 0.226. The zero-order valence-electron chi connectivity index (χ0n) is 23.5. The van der Waals surface area contributed by atoms with E-state index in [0.717, 1.165) is 26.9 Å². The number of nitrogens with zero attached hydrogens (tertiary/aromatic N) is 2. The maximum atomic E-state index is 14.1. The highest BCUT2D eigenvalue weighted by Gasteiger charge is 2.56. The van der Waals surface area contributed by atoms with E-state index < -0.39 is 17.1 Å². The second-order valence-corrected chi connectivity index (χ2v) is 15.1. The number of thioether (sulfide) groups is 1. The van der Waals surface area contributed by atoms with Crippen molar-refractivity contribution in [3.05, 3.63) is 108 Å². The lowest BCUT2D eigenvalue weighted by Crippen LogP contribution is -2.33. The summed E-state index contributed by atoms with van der Waals surface area (Å²) in [5.41, 5.74) is 2.96. The zero-order chi connectivity index (χ0) is 30.6. The van der Waals surface area contributed by atoms with Crippen molar-refractivity contribution in [2.45, 2.75) is 48.9 Å². The molecular formula is C32H27BrClN3O4S2. The van der Waals surface area contributed by atoms with Crippen LogP contribution in [0.2, 0.25) is 5.02 Å². The van der Waals surface area contributed by atoms with Crippen LogP contribution >= 0.6 is 50.6 Å². The first-order chi connectivity index (χ1) is 20.4. The first kappa shape index (κ1) is 29.9. The molecule has 0 unspecified atom stereocenters. The summed E-state index contributed by atoms with van der Waals surface area (Å²) in [7, 11) is 0. The second-order valence-electron chi connectivity index (χ2n) is 11.6. The molecular weight excluding hydrogens is 670 g/mol. The molecule has 7 nitrogen and oxygen atoms in total. The summed E-state index contributed by atoms with van der Waals surface area (Å²) in [6.45, 7) is 6.16. The molecule has 0 radical (unpaired) electrons. The van der Waals surface area contributed by atoms with Gasteiger partial charge in [0.15, 0.2) is 0 Å². The molecule has 0 aliphatic carbocycles. The largest absolute Gasteiger partial charge is 0.325 e. The Hall–Kier alpha value is -3.18. The van der Waals surface area contributed by atoms with E-state index in [2.05, 4.69) is 42.0 Å². The average molecular weight is 697 g/mol. The van der Waals surface area contributed by atoms with Crippen molar-refractivity contribution < 1.29 is 14.4 Å². The van der Waals surface area contributed by atoms with Crippen LogP contribution in [0.4, 0.5) is 11.4 Å². The maximum absolute atomic E-state index is 14.1. The number of amides is 3. The number of nitrogens with one attached hydrogen (secondary N) is 1. The van der Waals surface area contributed by atoms with E-state index >= 15 is 0 Å². The number of halogens is 2. The number of carbonyl (C=O) groups is 3. The summed E-state index contributed by atoms with van der Waals surface area (Å²) >= 11 is 11.6. The number of hydrogen-bond donors (Lipinski definition) is 1. The van der Waals surface area contributed by atoms with E-state index in [1.807, 2.05) is 24.3 Å². The summed E-state index contributed by atoms with van der Waals surface area (Å²) in [6, 6.07) is 21.8. The van der Waals surface area contributed by atoms with Gasteiger partial charge in [0, 0.05) is 26.0 Å². The second kappa shape index (κ2) is 11.4. The predicted molar refractivity (Wildman–Crippen MR) is 175 cm³/mol. The average Bonchev–Trinajstić information content (AvgIpc) is 3.40. The van der Waals surface area contributed by atoms with E-state index in [-0.39, 0.29) is 34.6 Å². The lowest BCUT2D eigenvalue weighted by Gasteiger charge is -2.31. The van der Waals surface area contributed by atoms with Gasteiger partial charge in [-0.1, -0.05) is 95.7 Å². The van der Waals surface area contributed by atoms with Crippen LogP contribution in [0.15, 0.2) is 87.1 Å². The summed E-state index contributed by atoms with van der Waals surface area (Å²) < 4.78 is 2.25. The van der Waals surface area contributed by atoms with Crippen LogP contribution in [0, 0.1) is 5.92 Å². The molecule has 11 heteroatoms. The van der Waals surface area contributed by atoms with Crippen molar-refractivity contribution in [2.75, 3.05) is 10.2 Å². The highest BCUT2D eigenvalue weighted by molar-refractivity contribution is 9.10. The van der Waals surface area contributed by atoms with Gasteiger partial charge in [0.2, 0.25) is 17.7 Å². The fourth-order valence-electron chi connectivity index (χ4n) is 5.53. The van der Waals surface area contributed by atoms with Crippen LogP contribution in [0.25, 0.3) is 0 Å². The lowest BCUT2D eigenvalue weighted by atomic mass is 9.81. The smallest absolute Gasteiger partial charge is 0.308 e. The van der Waals surface area contributed by atoms with Gasteiger partial charge < -0.3 is 5.32 Å². The number of benzene rings is 3. The Balaban J connectivity index is 1.41. The van der Waals surface area contributed by atoms with Crippen LogP contribution in [-0.2, 0) is 26.3 Å². The van der Waals surface area contributed by atoms with E-state index in [1.165, 1.54) is 21.2 Å². The van der Waals surface area contributed by atoms with Gasteiger partial charge >= 0.3 is 4.87 Å². The Kier molecular flexibility index (Phi) is 7.91. The minimum atomic E-state index is -0.754. The summed E-state index contributed by atoms with van der Waals surface area (Å²) in [4.78, 5) is 56.1. The van der Waals surface area contributed by atoms with Gasteiger partial charge in [-0.15, -0.1) is 0 Å². The van der Waals surface area contributed by atoms with Crippen molar-refractivity contribution in [2.24, 2.45) is 5.92 Å². The molecule has 4 aromatic rings. The number of anilines is 2. The van der Waals surface area contributed by atoms with E-state index in [4.69, 9.17) is 11.6 Å². The number of carbonyl (C=O) groups excluding carboxylic acids is 3. The van der Waals surface area contributed by atoms with Crippen molar-refractivity contribution in [1.29, 1.82) is 0 Å². The minimum absolute atomic E-state index is 0.0717. The van der Waals surface area contributed by atoms with Crippen LogP contribution in [-0.4, -0.2) is 27.5 Å². The third-order valence-corrected chi connectivity index (χ3v) is 11.1. The molecule has 6 rings (SSSR count). The number of hydrogen-bond acceptors (Lipinski definition) is 6. The highest BCUT2D eigenvalue weighted by atomic mass is 79.9. The zero-order valence-corrected chi connectivity index (χ0v) is 27.4. The molecule has 1 N–H and O–H groups in total. The third-order valence-electron chi connectivity index (χ3n) is 7.70. The van der Waals surface area contributed by atoms with Gasteiger partial charge in [-0.25, -0.2) is 4.90 Å². The molecule has 2 aliphatic heterocycles. The highest BCUT2D eigenvalue weighted by Crippen LogP contribution is 2.54. The molecule has 3 aromatic carbocycles. The molecule has 1 aromatic heterocycles. The van der Waals surface area contributed by atoms with Crippen molar-refractivity contribution in [3.63, 3.8) is 0 Å². The van der Waals surface area contributed by atoms with Gasteiger partial charge in [-0.3, -0.25) is 23.7 Å². The molecule has 43 heavy (non-hydrogen) atoms. The van der Waals surface area contributed by atoms with Gasteiger partial charge in [0.05, 0.1) is 16.6 Å². The van der Waals surface area contributed by atoms with Crippen molar-refractivity contribution in [3.8, 4) is 0 Å². The fraction of sp³-hybridized carbons (Fsp3) is 0.250. The molecule has 0 bridgehead atoms. The van der Waals surface area contributed by atoms with Crippen LogP contribution < -0.4 is 15.1 Å². The molecule has 0 spiro atoms. The number of fused-ring (bicyclic) bond motifs is 2. The maximum Gasteiger partial charge on any atom is 0.308 e. The predicted octanol–water partition coefficient (Wildman–Crippen LogP) is 7.06. The van der Waals surface area contributed by atoms with Crippen molar-refractivity contribution in [1.82, 2.24) is 4.57 Å². The normalized spacial score (nSPS) is 19.7. The number of imide groups is 1. The molecule has 220 valence electrons. The Morgan fingerprint density at radius 1 is 0.930 bits per heavy atom. The fourth-order valence-corrected chi connectivity index (χ4v) is 8.69. The molecule has 3 amide bonds. The first-order valence-electron chi connectivity index (χ1n) is 13.6. The monoisotopic (exact) mass is 695 g/mol. The summed E-state index contributed by atoms with van der Waals surface area (Å²) in [5.74, 6) is -2.24. The van der Waals surface area contributed by atoms with E-state index in [1.54, 1.807) is 48.5 Å². The number of aromatic nitrogens is 1. The van der Waals surface area contributed by atoms with Crippen LogP contribution in [0.1, 0.15) is 42.7 Å². The Morgan fingerprint density at radius 2 is 1.58 bits per heavy atom. The van der Waals surface area contributed by atoms with Crippen LogP contribution in [0.3, 0.4) is 0 Å². The minimum Gasteiger partial charge on any atom is -0.325 e. The number of rotatable bonds is 5. The lowest BCUT2D eigenvalue weighted by molar-refractivity contribution is -0.122. The number of thiazole rings is 1. The topological polar surface area (TPSA) is 88.5 Å². The molecule has 3 atom stereocenters. The molecule has 0 saturated carbocycles. The SMILES string of the molecule is CC(C)(C)c1ccc([C@@H]2c3sc(=O)n(CC(=O)Nc4ccc(Cl)cc4)c3S[C@@H]3C(=O)N(c4ccc(Br)cc4)C(=O)[C@H]23)cc1. The van der Waals surface area contributed by atoms with Gasteiger partial charge in [-0.2, -0.15) is 0 Å². The molecule has 3 heterocycles. The van der Waals surface area contributed by atoms with Gasteiger partial charge in [0.1, 0.15) is 11.8 Å². The van der Waals surface area contributed by atoms with Gasteiger partial charge in [0.25, 0.3) is 0 Å². The molecule has 1 fully saturated rings. The Morgan fingerprint density at radius 3 is 2.21 bits per heavy atom. The molecule has 2 aliphatic rings. The first-order valence-corrected chi connectivity index (χ1v) is 16.5. The standard InChI is InChI=1S/C32H27BrClN3O4S2/c1-32(2,3)18-6-4-17(5-7-18)24-25-26(29(40)37(28(25)39)22-14-8-19(33)9-15-22)42-30-27(24)43-31(41)36(30)16-23(38)35-21-12-10-20(34)11-13-21/h4-15,24-26H,16H2,1-3H3,(H,35,38)/t24-,25+,26-/m0/s1. The molecule has 1 saturated heterocycles. The van der Waals surface area contributed by atoms with Crippen LogP contribution in [0.5, 0.6) is 0 Å². The van der Waals surface area contributed by atoms with Crippen molar-refractivity contribution >= 4 is 79.7 Å². The van der Waals surface area contributed by atoms with Gasteiger partial charge in [-0.05, 0) is 65.1 Å². The third kappa shape index (κ3) is 5.61. The summed E-state index contributed by atoms with van der Waals surface area (Å²) in [5, 5.41) is 3.14. The Labute approximate surface area is 270 Å².